The summed E-state index contributed by atoms with van der Waals surface area (Å²) in [5.41, 5.74) is -1.02. The normalized spacial score (nSPS) is 23.2. The van der Waals surface area contributed by atoms with Crippen LogP contribution in [0.1, 0.15) is 19.8 Å². The Kier molecular flexibility index (Phi) is 3.25. The smallest absolute Gasteiger partial charge is 0.329 e. The van der Waals surface area contributed by atoms with Crippen LogP contribution in [-0.4, -0.2) is 45.2 Å². The summed E-state index contributed by atoms with van der Waals surface area (Å²) in [5.74, 6) is -0.676. The number of ether oxygens (including phenoxy) is 1. The number of carboxylic acids is 1. The molecule has 1 fully saturated rings. The quantitative estimate of drug-likeness (QED) is 0.877. The zero-order valence-corrected chi connectivity index (χ0v) is 10.8. The first-order chi connectivity index (χ1) is 8.47. The molecular weight excluding hydrogens is 260 g/mol. The van der Waals surface area contributed by atoms with Gasteiger partial charge in [0.2, 0.25) is 11.2 Å². The van der Waals surface area contributed by atoms with Crippen LogP contribution in [0.3, 0.4) is 0 Å². The molecule has 7 nitrogen and oxygen atoms in total. The molecule has 1 N–H and O–H groups in total. The first kappa shape index (κ1) is 12.8. The molecule has 98 valence electrons. The van der Waals surface area contributed by atoms with Gasteiger partial charge in [0.15, 0.2) is 0 Å². The highest BCUT2D eigenvalue weighted by atomic mass is 35.5. The summed E-state index contributed by atoms with van der Waals surface area (Å²) in [6.07, 6.45) is 1.29. The third-order valence-electron chi connectivity index (χ3n) is 3.10. The maximum atomic E-state index is 11.4. The average molecular weight is 273 g/mol. The van der Waals surface area contributed by atoms with Gasteiger partial charge in [-0.2, -0.15) is 15.0 Å². The van der Waals surface area contributed by atoms with Crippen LogP contribution in [0.4, 0.5) is 5.95 Å². The predicted molar refractivity (Wildman–Crippen MR) is 64.0 cm³/mol. The average Bonchev–Trinajstić information content (AvgIpc) is 2.72. The number of hydrogen-bond acceptors (Lipinski definition) is 6. The molecule has 1 aliphatic heterocycles. The van der Waals surface area contributed by atoms with Crippen molar-refractivity contribution in [2.24, 2.45) is 0 Å². The number of halogens is 1. The van der Waals surface area contributed by atoms with E-state index in [0.29, 0.717) is 13.0 Å². The number of carbonyl (C=O) groups is 1. The standard InChI is InChI=1S/C10H13ClN4O3/c1-10(6(16)17)4-3-5-15(10)8-12-7(11)13-9(14-8)18-2/h3-5H2,1-2H3,(H,16,17). The van der Waals surface area contributed by atoms with Crippen LogP contribution < -0.4 is 9.64 Å². The van der Waals surface area contributed by atoms with E-state index in [1.54, 1.807) is 11.8 Å². The molecule has 1 saturated heterocycles. The second kappa shape index (κ2) is 4.56. The van der Waals surface area contributed by atoms with E-state index in [1.807, 2.05) is 0 Å². The molecule has 1 aromatic rings. The van der Waals surface area contributed by atoms with Crippen LogP contribution in [0.5, 0.6) is 6.01 Å². The Morgan fingerprint density at radius 1 is 1.50 bits per heavy atom. The van der Waals surface area contributed by atoms with Gasteiger partial charge in [-0.3, -0.25) is 0 Å². The van der Waals surface area contributed by atoms with Gasteiger partial charge < -0.3 is 14.7 Å². The number of rotatable bonds is 3. The van der Waals surface area contributed by atoms with E-state index in [2.05, 4.69) is 15.0 Å². The molecule has 0 radical (unpaired) electrons. The van der Waals surface area contributed by atoms with Crippen molar-refractivity contribution < 1.29 is 14.6 Å². The second-order valence-corrected chi connectivity index (χ2v) is 4.56. The lowest BCUT2D eigenvalue weighted by Crippen LogP contribution is -2.48. The van der Waals surface area contributed by atoms with Gasteiger partial charge >= 0.3 is 12.0 Å². The summed E-state index contributed by atoms with van der Waals surface area (Å²) >= 11 is 5.76. The van der Waals surface area contributed by atoms with E-state index in [1.165, 1.54) is 7.11 Å². The van der Waals surface area contributed by atoms with Gasteiger partial charge in [0, 0.05) is 6.54 Å². The van der Waals surface area contributed by atoms with E-state index in [9.17, 15) is 9.90 Å². The van der Waals surface area contributed by atoms with E-state index >= 15 is 0 Å². The van der Waals surface area contributed by atoms with Gasteiger partial charge in [0.25, 0.3) is 0 Å². The lowest BCUT2D eigenvalue weighted by Gasteiger charge is -2.30. The fourth-order valence-corrected chi connectivity index (χ4v) is 2.19. The number of methoxy groups -OCH3 is 1. The minimum atomic E-state index is -1.02. The SMILES string of the molecule is COc1nc(Cl)nc(N2CCCC2(C)C(=O)O)n1. The van der Waals surface area contributed by atoms with Crippen LogP contribution in [-0.2, 0) is 4.79 Å². The Labute approximate surface area is 109 Å². The van der Waals surface area contributed by atoms with Crippen molar-refractivity contribution in [2.75, 3.05) is 18.6 Å². The van der Waals surface area contributed by atoms with Crippen molar-refractivity contribution in [1.82, 2.24) is 15.0 Å². The number of aliphatic carboxylic acids is 1. The Morgan fingerprint density at radius 2 is 2.22 bits per heavy atom. The highest BCUT2D eigenvalue weighted by Crippen LogP contribution is 2.33. The summed E-state index contributed by atoms with van der Waals surface area (Å²) < 4.78 is 4.90. The summed E-state index contributed by atoms with van der Waals surface area (Å²) in [5, 5.41) is 9.31. The molecule has 18 heavy (non-hydrogen) atoms. The van der Waals surface area contributed by atoms with Gasteiger partial charge in [-0.15, -0.1) is 0 Å². The van der Waals surface area contributed by atoms with Crippen molar-refractivity contribution in [3.63, 3.8) is 0 Å². The highest BCUT2D eigenvalue weighted by Gasteiger charge is 2.45. The molecule has 1 aliphatic rings. The molecule has 0 amide bonds. The first-order valence-corrected chi connectivity index (χ1v) is 5.82. The zero-order valence-electron chi connectivity index (χ0n) is 10.1. The van der Waals surface area contributed by atoms with Gasteiger partial charge in [-0.05, 0) is 31.4 Å². The summed E-state index contributed by atoms with van der Waals surface area (Å²) in [7, 11) is 1.41. The predicted octanol–water partition coefficient (Wildman–Crippen LogP) is 0.977. The van der Waals surface area contributed by atoms with Crippen molar-refractivity contribution in [3.05, 3.63) is 5.28 Å². The van der Waals surface area contributed by atoms with Gasteiger partial charge in [0.1, 0.15) is 5.54 Å². The van der Waals surface area contributed by atoms with Crippen LogP contribution >= 0.6 is 11.6 Å². The van der Waals surface area contributed by atoms with Crippen LogP contribution in [0.15, 0.2) is 0 Å². The third kappa shape index (κ3) is 2.05. The lowest BCUT2D eigenvalue weighted by molar-refractivity contribution is -0.142. The van der Waals surface area contributed by atoms with E-state index in [-0.39, 0.29) is 17.2 Å². The Hall–Kier alpha value is -1.63. The fourth-order valence-electron chi connectivity index (χ4n) is 2.04. The molecule has 1 aromatic heterocycles. The molecular formula is C10H13ClN4O3. The van der Waals surface area contributed by atoms with Crippen LogP contribution in [0.2, 0.25) is 5.28 Å². The largest absolute Gasteiger partial charge is 0.480 e. The number of nitrogens with zero attached hydrogens (tertiary/aromatic N) is 4. The fraction of sp³-hybridized carbons (Fsp3) is 0.600. The van der Waals surface area contributed by atoms with Crippen molar-refractivity contribution in [1.29, 1.82) is 0 Å². The molecule has 0 aromatic carbocycles. The van der Waals surface area contributed by atoms with Crippen molar-refractivity contribution >= 4 is 23.5 Å². The van der Waals surface area contributed by atoms with Crippen LogP contribution in [0.25, 0.3) is 0 Å². The van der Waals surface area contributed by atoms with E-state index in [0.717, 1.165) is 6.42 Å². The first-order valence-electron chi connectivity index (χ1n) is 5.44. The maximum absolute atomic E-state index is 11.4. The Balaban J connectivity index is 2.42. The topological polar surface area (TPSA) is 88.4 Å². The number of anilines is 1. The van der Waals surface area contributed by atoms with Gasteiger partial charge in [-0.25, -0.2) is 4.79 Å². The van der Waals surface area contributed by atoms with E-state index < -0.39 is 11.5 Å². The van der Waals surface area contributed by atoms with Crippen molar-refractivity contribution in [3.8, 4) is 6.01 Å². The highest BCUT2D eigenvalue weighted by molar-refractivity contribution is 6.28. The maximum Gasteiger partial charge on any atom is 0.329 e. The monoisotopic (exact) mass is 272 g/mol. The molecule has 1 unspecified atom stereocenters. The molecule has 0 bridgehead atoms. The number of carboxylic acid groups (broad SMARTS) is 1. The Morgan fingerprint density at radius 3 is 2.83 bits per heavy atom. The minimum Gasteiger partial charge on any atom is -0.480 e. The van der Waals surface area contributed by atoms with Gasteiger partial charge in [0.05, 0.1) is 7.11 Å². The number of hydrogen-bond donors (Lipinski definition) is 1. The number of aromatic nitrogens is 3. The molecule has 8 heteroatoms. The minimum absolute atomic E-state index is 0.0171. The van der Waals surface area contributed by atoms with E-state index in [4.69, 9.17) is 16.3 Å². The Bertz CT molecular complexity index is 484. The molecule has 0 spiro atoms. The summed E-state index contributed by atoms with van der Waals surface area (Å²) in [4.78, 5) is 24.8. The molecule has 0 aliphatic carbocycles. The van der Waals surface area contributed by atoms with Crippen LogP contribution in [0, 0.1) is 0 Å². The summed E-state index contributed by atoms with van der Waals surface area (Å²) in [6, 6.07) is 0.0737. The van der Waals surface area contributed by atoms with Gasteiger partial charge in [-0.1, -0.05) is 0 Å². The third-order valence-corrected chi connectivity index (χ3v) is 3.27. The molecule has 1 atom stereocenters. The molecule has 0 saturated carbocycles. The zero-order chi connectivity index (χ0) is 13.3. The molecule has 2 heterocycles. The van der Waals surface area contributed by atoms with Crippen molar-refractivity contribution in [2.45, 2.75) is 25.3 Å². The summed E-state index contributed by atoms with van der Waals surface area (Å²) in [6.45, 7) is 2.21. The lowest BCUT2D eigenvalue weighted by atomic mass is 10.00. The molecule has 2 rings (SSSR count). The second-order valence-electron chi connectivity index (χ2n) is 4.23.